The first-order valence-electron chi connectivity index (χ1n) is 12.3. The van der Waals surface area contributed by atoms with Crippen LogP contribution in [0.5, 0.6) is 0 Å². The molecule has 5 fully saturated rings. The van der Waals surface area contributed by atoms with E-state index in [1.54, 1.807) is 38.5 Å². The maximum atomic E-state index is 6.34. The van der Waals surface area contributed by atoms with Gasteiger partial charge in [0.15, 0.2) is 0 Å². The van der Waals surface area contributed by atoms with Crippen LogP contribution >= 0.6 is 0 Å². The molecule has 0 saturated heterocycles. The van der Waals surface area contributed by atoms with Crippen LogP contribution in [0.25, 0.3) is 0 Å². The summed E-state index contributed by atoms with van der Waals surface area (Å²) in [6, 6.07) is 0. The van der Waals surface area contributed by atoms with Crippen molar-refractivity contribution in [2.24, 2.45) is 52.8 Å². The molecule has 26 heavy (non-hydrogen) atoms. The zero-order valence-corrected chi connectivity index (χ0v) is 17.5. The lowest BCUT2D eigenvalue weighted by Crippen LogP contribution is -2.37. The van der Waals surface area contributed by atoms with E-state index in [4.69, 9.17) is 7.85 Å². The third-order valence-electron chi connectivity index (χ3n) is 10.6. The van der Waals surface area contributed by atoms with Crippen LogP contribution in [-0.2, 0) is 0 Å². The minimum atomic E-state index is 0.516. The Morgan fingerprint density at radius 1 is 0.577 bits per heavy atom. The average molecular weight is 352 g/mol. The second-order valence-electron chi connectivity index (χ2n) is 11.9. The summed E-state index contributed by atoms with van der Waals surface area (Å²) in [6.45, 7) is 5.33. The van der Waals surface area contributed by atoms with E-state index in [2.05, 4.69) is 13.8 Å². The second kappa shape index (κ2) is 6.84. The normalized spacial score (nSPS) is 53.4. The number of hydrogen-bond donors (Lipinski definition) is 0. The summed E-state index contributed by atoms with van der Waals surface area (Å²) >= 11 is 0. The smallest absolute Gasteiger partial charge is 0.0699 e. The summed E-state index contributed by atoms with van der Waals surface area (Å²) in [6.07, 6.45) is 19.6. The fourth-order valence-corrected chi connectivity index (χ4v) is 9.29. The lowest BCUT2D eigenvalue weighted by Gasteiger charge is -2.47. The van der Waals surface area contributed by atoms with Crippen molar-refractivity contribution in [3.05, 3.63) is 0 Å². The van der Waals surface area contributed by atoms with Crippen molar-refractivity contribution in [3.8, 4) is 0 Å². The lowest BCUT2D eigenvalue weighted by molar-refractivity contribution is 0.0387. The van der Waals surface area contributed by atoms with Gasteiger partial charge in [0, 0.05) is 0 Å². The zero-order valence-electron chi connectivity index (χ0n) is 17.5. The van der Waals surface area contributed by atoms with Gasteiger partial charge >= 0.3 is 0 Å². The van der Waals surface area contributed by atoms with Crippen LogP contribution in [0.2, 0.25) is 5.82 Å². The molecular formula is C25H41B. The molecule has 0 nitrogen and oxygen atoms in total. The highest BCUT2D eigenvalue weighted by atomic mass is 14.6. The van der Waals surface area contributed by atoms with E-state index in [-0.39, 0.29) is 0 Å². The Morgan fingerprint density at radius 2 is 1.23 bits per heavy atom. The van der Waals surface area contributed by atoms with Gasteiger partial charge in [-0.1, -0.05) is 51.8 Å². The molecule has 5 aliphatic rings. The highest BCUT2D eigenvalue weighted by molar-refractivity contribution is 6.11. The van der Waals surface area contributed by atoms with E-state index >= 15 is 0 Å². The monoisotopic (exact) mass is 352 g/mol. The van der Waals surface area contributed by atoms with Crippen LogP contribution in [0.1, 0.15) is 97.3 Å². The fraction of sp³-hybridized carbons (Fsp3) is 1.00. The van der Waals surface area contributed by atoms with Crippen LogP contribution in [0.3, 0.4) is 0 Å². The summed E-state index contributed by atoms with van der Waals surface area (Å²) in [5.41, 5.74) is 0.624. The first kappa shape index (κ1) is 18.1. The van der Waals surface area contributed by atoms with Gasteiger partial charge in [-0.3, -0.25) is 0 Å². The first-order valence-corrected chi connectivity index (χ1v) is 12.3. The fourth-order valence-electron chi connectivity index (χ4n) is 9.29. The predicted molar refractivity (Wildman–Crippen MR) is 111 cm³/mol. The molecule has 8 unspecified atom stereocenters. The van der Waals surface area contributed by atoms with Gasteiger partial charge < -0.3 is 0 Å². The molecule has 0 aromatic heterocycles. The van der Waals surface area contributed by atoms with Crippen molar-refractivity contribution in [1.29, 1.82) is 0 Å². The van der Waals surface area contributed by atoms with Gasteiger partial charge in [-0.05, 0) is 104 Å². The molecule has 5 saturated carbocycles. The summed E-state index contributed by atoms with van der Waals surface area (Å²) < 4.78 is 0. The molecule has 2 radical (unpaired) electrons. The van der Waals surface area contributed by atoms with E-state index in [0.29, 0.717) is 11.2 Å². The molecule has 0 amide bonds. The van der Waals surface area contributed by atoms with E-state index in [0.717, 1.165) is 47.3 Å². The van der Waals surface area contributed by atoms with Crippen LogP contribution in [0.15, 0.2) is 0 Å². The molecule has 0 aliphatic heterocycles. The summed E-state index contributed by atoms with van der Waals surface area (Å²) in [5, 5.41) is 0. The molecule has 0 N–H and O–H groups in total. The van der Waals surface area contributed by atoms with Crippen molar-refractivity contribution in [1.82, 2.24) is 0 Å². The maximum absolute atomic E-state index is 6.34. The standard InChI is InChI=1S/C25H41B/c1-25(2)23-6-4-3-5-21(23)22-12-10-18(15-24(22)25)17-8-7-16-9-11-20(26)14-19(16)13-17/h16-24H,3-15H2,1-2H3/t16?,17?,18?,19?,20?,21?,22-,23?,24?/m1/s1. The average Bonchev–Trinajstić information content (AvgIpc) is 2.89. The summed E-state index contributed by atoms with van der Waals surface area (Å²) in [5.74, 6) is 8.90. The second-order valence-corrected chi connectivity index (χ2v) is 11.9. The largest absolute Gasteiger partial charge is 0.0771 e. The van der Waals surface area contributed by atoms with Crippen LogP contribution in [0, 0.1) is 52.8 Å². The quantitative estimate of drug-likeness (QED) is 0.444. The highest BCUT2D eigenvalue weighted by Crippen LogP contribution is 2.64. The Balaban J connectivity index is 1.28. The van der Waals surface area contributed by atoms with Crippen molar-refractivity contribution >= 4 is 7.85 Å². The zero-order chi connectivity index (χ0) is 17.9. The van der Waals surface area contributed by atoms with Crippen molar-refractivity contribution in [3.63, 3.8) is 0 Å². The van der Waals surface area contributed by atoms with Gasteiger partial charge in [0.25, 0.3) is 0 Å². The van der Waals surface area contributed by atoms with Gasteiger partial charge in [-0.25, -0.2) is 0 Å². The van der Waals surface area contributed by atoms with Crippen LogP contribution < -0.4 is 0 Å². The Bertz CT molecular complexity index is 510. The van der Waals surface area contributed by atoms with E-state index in [1.807, 2.05) is 0 Å². The van der Waals surface area contributed by atoms with Gasteiger partial charge in [0.1, 0.15) is 0 Å². The van der Waals surface area contributed by atoms with Crippen molar-refractivity contribution < 1.29 is 0 Å². The number of rotatable bonds is 1. The molecule has 5 rings (SSSR count). The SMILES string of the molecule is [B]C1CCC2CCC(C3CC[C@@H]4C5CCCCC5C(C)(C)C4C3)CC2C1. The van der Waals surface area contributed by atoms with E-state index in [1.165, 1.54) is 44.9 Å². The molecule has 0 bridgehead atoms. The topological polar surface area (TPSA) is 0 Å². The number of fused-ring (bicyclic) bond motifs is 4. The van der Waals surface area contributed by atoms with Gasteiger partial charge in [-0.2, -0.15) is 0 Å². The molecule has 0 aromatic carbocycles. The molecule has 0 heterocycles. The Morgan fingerprint density at radius 3 is 2.12 bits per heavy atom. The van der Waals surface area contributed by atoms with Crippen molar-refractivity contribution in [2.45, 2.75) is 103 Å². The Hall–Kier alpha value is 0.0649. The minimum absolute atomic E-state index is 0.516. The minimum Gasteiger partial charge on any atom is -0.0771 e. The molecule has 0 spiro atoms. The molecule has 1 heteroatoms. The Labute approximate surface area is 164 Å². The summed E-state index contributed by atoms with van der Waals surface area (Å²) in [4.78, 5) is 0. The maximum Gasteiger partial charge on any atom is 0.0699 e. The lowest BCUT2D eigenvalue weighted by atomic mass is 9.57. The van der Waals surface area contributed by atoms with Gasteiger partial charge in [0.2, 0.25) is 0 Å². The predicted octanol–water partition coefficient (Wildman–Crippen LogP) is 7.04. The van der Waals surface area contributed by atoms with Gasteiger partial charge in [0.05, 0.1) is 7.85 Å². The highest BCUT2D eigenvalue weighted by Gasteiger charge is 2.57. The molecule has 0 aromatic rings. The van der Waals surface area contributed by atoms with Crippen LogP contribution in [0.4, 0.5) is 0 Å². The van der Waals surface area contributed by atoms with E-state index < -0.39 is 0 Å². The Kier molecular flexibility index (Phi) is 4.77. The van der Waals surface area contributed by atoms with E-state index in [9.17, 15) is 0 Å². The third-order valence-corrected chi connectivity index (χ3v) is 10.6. The number of hydrogen-bond acceptors (Lipinski definition) is 0. The molecule has 5 aliphatic carbocycles. The summed E-state index contributed by atoms with van der Waals surface area (Å²) in [7, 11) is 6.34. The van der Waals surface area contributed by atoms with Gasteiger partial charge in [-0.15, -0.1) is 0 Å². The first-order chi connectivity index (χ1) is 12.5. The molecule has 144 valence electrons. The molecule has 9 atom stereocenters. The van der Waals surface area contributed by atoms with Crippen LogP contribution in [-0.4, -0.2) is 7.85 Å². The molecular weight excluding hydrogens is 311 g/mol. The third kappa shape index (κ3) is 2.93. The van der Waals surface area contributed by atoms with Crippen molar-refractivity contribution in [2.75, 3.05) is 0 Å².